The zero-order chi connectivity index (χ0) is 18.1. The molecule has 1 aromatic heterocycles. The van der Waals surface area contributed by atoms with Crippen molar-refractivity contribution in [1.82, 2.24) is 14.3 Å². The van der Waals surface area contributed by atoms with Gasteiger partial charge in [0.05, 0.1) is 11.5 Å². The Balaban J connectivity index is 1.58. The summed E-state index contributed by atoms with van der Waals surface area (Å²) < 4.78 is 37.2. The number of likely N-dealkylation sites (tertiary alicyclic amines) is 1. The van der Waals surface area contributed by atoms with E-state index in [-0.39, 0.29) is 10.0 Å². The fourth-order valence-corrected chi connectivity index (χ4v) is 5.31. The molecule has 26 heavy (non-hydrogen) atoms. The second-order valence-corrected chi connectivity index (χ2v) is 9.39. The fourth-order valence-electron chi connectivity index (χ4n) is 3.63. The number of hydrogen-bond donors (Lipinski definition) is 1. The van der Waals surface area contributed by atoms with Crippen molar-refractivity contribution in [3.8, 4) is 5.75 Å². The van der Waals surface area contributed by atoms with Crippen LogP contribution in [0.2, 0.25) is 0 Å². The van der Waals surface area contributed by atoms with Gasteiger partial charge < -0.3 is 4.74 Å². The molecule has 2 aromatic rings. The molecule has 1 atom stereocenters. The summed E-state index contributed by atoms with van der Waals surface area (Å²) in [5.41, 5.74) is 1.08. The second-order valence-electron chi connectivity index (χ2n) is 6.92. The monoisotopic (exact) mass is 394 g/mol. The topological polar surface area (TPSA) is 84.4 Å². The number of nitrogens with zero attached hydrogens (tertiary/aromatic N) is 3. The average molecular weight is 395 g/mol. The first-order valence-corrected chi connectivity index (χ1v) is 11.1. The van der Waals surface area contributed by atoms with Crippen LogP contribution < -0.4 is 9.46 Å². The van der Waals surface area contributed by atoms with Crippen LogP contribution in [0.4, 0.5) is 5.13 Å². The highest BCUT2D eigenvalue weighted by molar-refractivity contribution is 7.93. The number of benzene rings is 1. The molecule has 2 aliphatic rings. The molecule has 1 aromatic carbocycles. The zero-order valence-corrected chi connectivity index (χ0v) is 16.2. The van der Waals surface area contributed by atoms with Gasteiger partial charge >= 0.3 is 0 Å². The average Bonchev–Trinajstić information content (AvgIpc) is 3.14. The zero-order valence-electron chi connectivity index (χ0n) is 14.6. The van der Waals surface area contributed by atoms with Gasteiger partial charge in [-0.3, -0.25) is 9.62 Å². The smallest absolute Gasteiger partial charge is 0.263 e. The van der Waals surface area contributed by atoms with E-state index in [1.54, 1.807) is 12.1 Å². The SMILES string of the molecule is CC1CCN([C@H]2CCOc3cc(S(=O)(=O)Nc4ncns4)ccc32)CC1. The third-order valence-electron chi connectivity index (χ3n) is 5.15. The molecule has 4 rings (SSSR count). The van der Waals surface area contributed by atoms with Gasteiger partial charge in [0.2, 0.25) is 5.13 Å². The number of ether oxygens (including phenoxy) is 1. The lowest BCUT2D eigenvalue weighted by Crippen LogP contribution is -2.38. The van der Waals surface area contributed by atoms with Crippen molar-refractivity contribution in [3.05, 3.63) is 30.1 Å². The minimum atomic E-state index is -3.70. The third kappa shape index (κ3) is 3.56. The van der Waals surface area contributed by atoms with E-state index in [1.165, 1.54) is 19.2 Å². The molecule has 0 radical (unpaired) electrons. The summed E-state index contributed by atoms with van der Waals surface area (Å²) in [6, 6.07) is 5.47. The van der Waals surface area contributed by atoms with Crippen molar-refractivity contribution >= 4 is 26.7 Å². The maximum atomic E-state index is 12.6. The summed E-state index contributed by atoms with van der Waals surface area (Å²) in [5, 5.41) is 0.254. The molecule has 0 bridgehead atoms. The van der Waals surface area contributed by atoms with Gasteiger partial charge in [-0.1, -0.05) is 13.0 Å². The third-order valence-corrected chi connectivity index (χ3v) is 7.19. The Morgan fingerprint density at radius 3 is 2.81 bits per heavy atom. The molecule has 9 heteroatoms. The Hall–Kier alpha value is -1.71. The summed E-state index contributed by atoms with van der Waals surface area (Å²) in [4.78, 5) is 6.56. The summed E-state index contributed by atoms with van der Waals surface area (Å²) >= 11 is 1.00. The van der Waals surface area contributed by atoms with Gasteiger partial charge in [0, 0.05) is 35.6 Å². The number of fused-ring (bicyclic) bond motifs is 1. The maximum absolute atomic E-state index is 12.6. The quantitative estimate of drug-likeness (QED) is 0.858. The molecular weight excluding hydrogens is 372 g/mol. The van der Waals surface area contributed by atoms with Crippen molar-refractivity contribution in [3.63, 3.8) is 0 Å². The van der Waals surface area contributed by atoms with Crippen LogP contribution in [0.25, 0.3) is 0 Å². The van der Waals surface area contributed by atoms with Crippen LogP contribution in [0.1, 0.15) is 37.8 Å². The van der Waals surface area contributed by atoms with Gasteiger partial charge in [-0.05, 0) is 37.9 Å². The molecule has 2 aliphatic heterocycles. The van der Waals surface area contributed by atoms with Crippen LogP contribution in [0.5, 0.6) is 5.75 Å². The highest BCUT2D eigenvalue weighted by atomic mass is 32.2. The van der Waals surface area contributed by atoms with Gasteiger partial charge in [0.25, 0.3) is 10.0 Å². The van der Waals surface area contributed by atoms with Crippen LogP contribution in [-0.2, 0) is 10.0 Å². The van der Waals surface area contributed by atoms with Crippen LogP contribution >= 0.6 is 11.5 Å². The molecule has 0 amide bonds. The Labute approximate surface area is 157 Å². The molecule has 3 heterocycles. The number of piperidine rings is 1. The lowest BCUT2D eigenvalue weighted by Gasteiger charge is -2.39. The lowest BCUT2D eigenvalue weighted by atomic mass is 9.93. The van der Waals surface area contributed by atoms with E-state index in [2.05, 4.69) is 25.9 Å². The lowest BCUT2D eigenvalue weighted by molar-refractivity contribution is 0.103. The number of rotatable bonds is 4. The van der Waals surface area contributed by atoms with Crippen LogP contribution in [0.3, 0.4) is 0 Å². The first-order valence-electron chi connectivity index (χ1n) is 8.83. The largest absolute Gasteiger partial charge is 0.493 e. The van der Waals surface area contributed by atoms with Crippen LogP contribution in [-0.4, -0.2) is 42.4 Å². The van der Waals surface area contributed by atoms with E-state index in [1.807, 2.05) is 6.07 Å². The number of nitrogens with one attached hydrogen (secondary N) is 1. The highest BCUT2D eigenvalue weighted by Crippen LogP contribution is 2.39. The Kier molecular flexibility index (Phi) is 4.85. The standard InChI is InChI=1S/C17H22N4O3S2/c1-12-4-7-21(8-5-12)15-6-9-24-16-10-13(2-3-14(15)16)26(22,23)20-17-18-11-19-25-17/h2-3,10-12,15H,4-9H2,1H3,(H,18,19,20)/t15-/m0/s1. The van der Waals surface area contributed by atoms with E-state index >= 15 is 0 Å². The van der Waals surface area contributed by atoms with Crippen molar-refractivity contribution in [2.24, 2.45) is 5.92 Å². The molecule has 1 saturated heterocycles. The Bertz CT molecular complexity index is 862. The van der Waals surface area contributed by atoms with Gasteiger partial charge in [0.1, 0.15) is 12.1 Å². The normalized spacial score (nSPS) is 21.8. The van der Waals surface area contributed by atoms with Gasteiger partial charge in [-0.15, -0.1) is 0 Å². The van der Waals surface area contributed by atoms with Crippen molar-refractivity contribution < 1.29 is 13.2 Å². The number of sulfonamides is 1. The first kappa shape index (κ1) is 17.7. The minimum Gasteiger partial charge on any atom is -0.493 e. The van der Waals surface area contributed by atoms with Crippen LogP contribution in [0.15, 0.2) is 29.4 Å². The van der Waals surface area contributed by atoms with Gasteiger partial charge in [-0.2, -0.15) is 4.37 Å². The van der Waals surface area contributed by atoms with Crippen molar-refractivity contribution in [2.75, 3.05) is 24.4 Å². The molecule has 0 spiro atoms. The summed E-state index contributed by atoms with van der Waals surface area (Å²) in [5.74, 6) is 1.45. The minimum absolute atomic E-state index is 0.180. The van der Waals surface area contributed by atoms with Crippen LogP contribution in [0, 0.1) is 5.92 Å². The molecular formula is C17H22N4O3S2. The number of aromatic nitrogens is 2. The number of anilines is 1. The molecule has 0 unspecified atom stereocenters. The van der Waals surface area contributed by atoms with Gasteiger partial charge in [-0.25, -0.2) is 13.4 Å². The predicted molar refractivity (Wildman–Crippen MR) is 100.0 cm³/mol. The second kappa shape index (κ2) is 7.13. The number of hydrogen-bond acceptors (Lipinski definition) is 7. The molecule has 1 fully saturated rings. The highest BCUT2D eigenvalue weighted by Gasteiger charge is 2.30. The fraction of sp³-hybridized carbons (Fsp3) is 0.529. The van der Waals surface area contributed by atoms with Crippen molar-refractivity contribution in [2.45, 2.75) is 37.1 Å². The maximum Gasteiger partial charge on any atom is 0.263 e. The Morgan fingerprint density at radius 2 is 2.08 bits per heavy atom. The molecule has 1 N–H and O–H groups in total. The molecule has 140 valence electrons. The van der Waals surface area contributed by atoms with E-state index in [4.69, 9.17) is 4.74 Å². The Morgan fingerprint density at radius 1 is 1.27 bits per heavy atom. The van der Waals surface area contributed by atoms with E-state index in [9.17, 15) is 8.42 Å². The van der Waals surface area contributed by atoms with Crippen molar-refractivity contribution in [1.29, 1.82) is 0 Å². The summed E-state index contributed by atoms with van der Waals surface area (Å²) in [6.07, 6.45) is 4.69. The molecule has 7 nitrogen and oxygen atoms in total. The predicted octanol–water partition coefficient (Wildman–Crippen LogP) is 2.89. The molecule has 0 aliphatic carbocycles. The molecule has 0 saturated carbocycles. The van der Waals surface area contributed by atoms with E-state index < -0.39 is 10.0 Å². The summed E-state index contributed by atoms with van der Waals surface area (Å²) in [7, 11) is -3.70. The summed E-state index contributed by atoms with van der Waals surface area (Å²) in [6.45, 7) is 5.09. The first-order chi connectivity index (χ1) is 12.5. The van der Waals surface area contributed by atoms with E-state index in [0.717, 1.165) is 42.5 Å². The van der Waals surface area contributed by atoms with Gasteiger partial charge in [0.15, 0.2) is 0 Å². The van der Waals surface area contributed by atoms with E-state index in [0.29, 0.717) is 18.4 Å².